The van der Waals surface area contributed by atoms with Crippen LogP contribution in [0.5, 0.6) is 11.5 Å². The second-order valence-electron chi connectivity index (χ2n) is 6.41. The van der Waals surface area contributed by atoms with Crippen LogP contribution in [-0.4, -0.2) is 62.9 Å². The first-order valence-corrected chi connectivity index (χ1v) is 11.2. The number of nitrogens with zero attached hydrogens (tertiary/aromatic N) is 2. The largest absolute Gasteiger partial charge is 0.485 e. The summed E-state index contributed by atoms with van der Waals surface area (Å²) in [5.41, 5.74) is 0.886. The van der Waals surface area contributed by atoms with Gasteiger partial charge in [-0.05, 0) is 23.8 Å². The number of piperazine rings is 1. The fourth-order valence-corrected chi connectivity index (χ4v) is 5.63. The molecule has 0 spiro atoms. The summed E-state index contributed by atoms with van der Waals surface area (Å²) in [5.74, 6) is 1.27. The molecule has 0 saturated carbocycles. The van der Waals surface area contributed by atoms with Gasteiger partial charge in [-0.2, -0.15) is 4.31 Å². The minimum atomic E-state index is -3.60. The monoisotopic (exact) mass is 420 g/mol. The van der Waals surface area contributed by atoms with E-state index in [4.69, 9.17) is 9.47 Å². The SMILES string of the molecule is C=CC(=O)N1CCN(S(=O)(=O)c2ccc(-c3scc4c3OCCO4)cc2)CC1. The molecule has 28 heavy (non-hydrogen) atoms. The van der Waals surface area contributed by atoms with Gasteiger partial charge in [0, 0.05) is 31.6 Å². The second kappa shape index (κ2) is 7.57. The molecule has 1 aromatic carbocycles. The minimum Gasteiger partial charge on any atom is -0.485 e. The molecule has 7 nitrogen and oxygen atoms in total. The summed E-state index contributed by atoms with van der Waals surface area (Å²) in [6.45, 7) is 5.77. The van der Waals surface area contributed by atoms with Crippen molar-refractivity contribution in [2.45, 2.75) is 4.90 Å². The standard InChI is InChI=1S/C19H20N2O5S2/c1-2-17(22)20-7-9-21(10-8-20)28(23,24)15-5-3-14(4-6-15)19-18-16(13-27-19)25-11-12-26-18/h2-6,13H,1,7-12H2. The molecule has 148 valence electrons. The fourth-order valence-electron chi connectivity index (χ4n) is 3.27. The van der Waals surface area contributed by atoms with E-state index in [1.165, 1.54) is 21.7 Å². The van der Waals surface area contributed by atoms with E-state index in [2.05, 4.69) is 6.58 Å². The van der Waals surface area contributed by atoms with Crippen LogP contribution in [0, 0.1) is 0 Å². The number of rotatable bonds is 4. The number of carbonyl (C=O) groups excluding carboxylic acids is 1. The van der Waals surface area contributed by atoms with Gasteiger partial charge in [0.1, 0.15) is 13.2 Å². The van der Waals surface area contributed by atoms with Gasteiger partial charge in [-0.3, -0.25) is 4.79 Å². The van der Waals surface area contributed by atoms with Crippen LogP contribution in [0.15, 0.2) is 47.2 Å². The Labute approximate surface area is 167 Å². The number of hydrogen-bond donors (Lipinski definition) is 0. The van der Waals surface area contributed by atoms with Crippen molar-refractivity contribution in [1.82, 2.24) is 9.21 Å². The van der Waals surface area contributed by atoms with Crippen molar-refractivity contribution >= 4 is 27.3 Å². The first-order valence-electron chi connectivity index (χ1n) is 8.90. The van der Waals surface area contributed by atoms with E-state index in [-0.39, 0.29) is 23.9 Å². The zero-order valence-corrected chi connectivity index (χ0v) is 16.8. The van der Waals surface area contributed by atoms with Gasteiger partial charge < -0.3 is 14.4 Å². The molecule has 2 aliphatic rings. The predicted molar refractivity (Wildman–Crippen MR) is 106 cm³/mol. The van der Waals surface area contributed by atoms with E-state index in [0.29, 0.717) is 26.3 Å². The van der Waals surface area contributed by atoms with E-state index in [1.54, 1.807) is 29.2 Å². The van der Waals surface area contributed by atoms with Gasteiger partial charge in [0.05, 0.1) is 9.77 Å². The maximum absolute atomic E-state index is 12.9. The van der Waals surface area contributed by atoms with Gasteiger partial charge in [-0.15, -0.1) is 11.3 Å². The number of hydrogen-bond acceptors (Lipinski definition) is 6. The highest BCUT2D eigenvalue weighted by molar-refractivity contribution is 7.89. The third kappa shape index (κ3) is 3.41. The lowest BCUT2D eigenvalue weighted by molar-refractivity contribution is -0.127. The third-order valence-electron chi connectivity index (χ3n) is 4.78. The van der Waals surface area contributed by atoms with Crippen molar-refractivity contribution in [3.63, 3.8) is 0 Å². The molecule has 2 aromatic rings. The molecular weight excluding hydrogens is 400 g/mol. The summed E-state index contributed by atoms with van der Waals surface area (Å²) in [6.07, 6.45) is 1.25. The maximum Gasteiger partial charge on any atom is 0.246 e. The quantitative estimate of drug-likeness (QED) is 0.709. The van der Waals surface area contributed by atoms with Crippen molar-refractivity contribution in [1.29, 1.82) is 0 Å². The van der Waals surface area contributed by atoms with Crippen LogP contribution in [0.1, 0.15) is 0 Å². The number of amides is 1. The number of benzene rings is 1. The normalized spacial score (nSPS) is 17.4. The zero-order valence-electron chi connectivity index (χ0n) is 15.2. The number of ether oxygens (including phenoxy) is 2. The molecule has 0 aliphatic carbocycles. The number of carbonyl (C=O) groups is 1. The highest BCUT2D eigenvalue weighted by atomic mass is 32.2. The highest BCUT2D eigenvalue weighted by Gasteiger charge is 2.29. The number of thiophene rings is 1. The second-order valence-corrected chi connectivity index (χ2v) is 9.23. The van der Waals surface area contributed by atoms with Crippen LogP contribution < -0.4 is 9.47 Å². The van der Waals surface area contributed by atoms with Gasteiger partial charge >= 0.3 is 0 Å². The Kier molecular flexibility index (Phi) is 5.13. The summed E-state index contributed by atoms with van der Waals surface area (Å²) in [6, 6.07) is 6.80. The highest BCUT2D eigenvalue weighted by Crippen LogP contribution is 2.45. The Bertz CT molecular complexity index is 990. The summed E-state index contributed by atoms with van der Waals surface area (Å²) in [7, 11) is -3.60. The molecule has 1 saturated heterocycles. The Morgan fingerprint density at radius 1 is 1.07 bits per heavy atom. The van der Waals surface area contributed by atoms with Crippen LogP contribution in [0.25, 0.3) is 10.4 Å². The molecule has 0 bridgehead atoms. The molecule has 0 N–H and O–H groups in total. The zero-order chi connectivity index (χ0) is 19.7. The molecule has 0 radical (unpaired) electrons. The molecule has 1 fully saturated rings. The van der Waals surface area contributed by atoms with Crippen molar-refractivity contribution in [2.75, 3.05) is 39.4 Å². The lowest BCUT2D eigenvalue weighted by atomic mass is 10.2. The van der Waals surface area contributed by atoms with Crippen LogP contribution in [0.2, 0.25) is 0 Å². The van der Waals surface area contributed by atoms with Crippen LogP contribution in [0.3, 0.4) is 0 Å². The van der Waals surface area contributed by atoms with Gasteiger partial charge in [0.15, 0.2) is 11.5 Å². The van der Waals surface area contributed by atoms with E-state index >= 15 is 0 Å². The van der Waals surface area contributed by atoms with Crippen molar-refractivity contribution < 1.29 is 22.7 Å². The summed E-state index contributed by atoms with van der Waals surface area (Å²) < 4.78 is 38.5. The predicted octanol–water partition coefficient (Wildman–Crippen LogP) is 2.21. The number of sulfonamides is 1. The van der Waals surface area contributed by atoms with Crippen molar-refractivity contribution in [2.24, 2.45) is 0 Å². The lowest BCUT2D eigenvalue weighted by Crippen LogP contribution is -2.50. The molecule has 1 aromatic heterocycles. The van der Waals surface area contributed by atoms with E-state index in [9.17, 15) is 13.2 Å². The molecular formula is C19H20N2O5S2. The Balaban J connectivity index is 1.51. The average Bonchev–Trinajstić information content (AvgIpc) is 3.17. The first-order chi connectivity index (χ1) is 13.5. The molecule has 0 atom stereocenters. The Morgan fingerprint density at radius 2 is 1.75 bits per heavy atom. The van der Waals surface area contributed by atoms with E-state index in [0.717, 1.165) is 21.9 Å². The van der Waals surface area contributed by atoms with Gasteiger partial charge in [0.25, 0.3) is 0 Å². The minimum absolute atomic E-state index is 0.174. The summed E-state index contributed by atoms with van der Waals surface area (Å²) in [4.78, 5) is 14.4. The molecule has 1 amide bonds. The van der Waals surface area contributed by atoms with Gasteiger partial charge in [0.2, 0.25) is 15.9 Å². The topological polar surface area (TPSA) is 76.2 Å². The number of fused-ring (bicyclic) bond motifs is 1. The van der Waals surface area contributed by atoms with Crippen LogP contribution in [0.4, 0.5) is 0 Å². The van der Waals surface area contributed by atoms with Gasteiger partial charge in [-0.1, -0.05) is 18.7 Å². The first kappa shape index (κ1) is 19.0. The summed E-state index contributed by atoms with van der Waals surface area (Å²) >= 11 is 1.51. The molecule has 0 unspecified atom stereocenters. The smallest absolute Gasteiger partial charge is 0.246 e. The molecule has 9 heteroatoms. The van der Waals surface area contributed by atoms with Crippen LogP contribution >= 0.6 is 11.3 Å². The molecule has 3 heterocycles. The molecule has 4 rings (SSSR count). The van der Waals surface area contributed by atoms with Crippen molar-refractivity contribution in [3.8, 4) is 21.9 Å². The maximum atomic E-state index is 12.9. The Morgan fingerprint density at radius 3 is 2.43 bits per heavy atom. The average molecular weight is 421 g/mol. The van der Waals surface area contributed by atoms with E-state index in [1.807, 2.05) is 5.38 Å². The Hall–Kier alpha value is -2.36. The summed E-state index contributed by atoms with van der Waals surface area (Å²) in [5, 5.41) is 1.90. The third-order valence-corrected chi connectivity index (χ3v) is 7.68. The van der Waals surface area contributed by atoms with Crippen LogP contribution in [-0.2, 0) is 14.8 Å². The van der Waals surface area contributed by atoms with Crippen molar-refractivity contribution in [3.05, 3.63) is 42.3 Å². The molecule has 2 aliphatic heterocycles. The van der Waals surface area contributed by atoms with Gasteiger partial charge in [-0.25, -0.2) is 8.42 Å². The lowest BCUT2D eigenvalue weighted by Gasteiger charge is -2.33. The van der Waals surface area contributed by atoms with E-state index < -0.39 is 10.0 Å². The fraction of sp³-hybridized carbons (Fsp3) is 0.316.